The number of nitrogens with zero attached hydrogens (tertiary/aromatic N) is 2. The number of nitrogens with two attached hydrogens (primary N) is 1. The highest BCUT2D eigenvalue weighted by Gasteiger charge is 2.43. The molecule has 1 aliphatic rings. The van der Waals surface area contributed by atoms with Crippen molar-refractivity contribution < 1.29 is 22.5 Å². The van der Waals surface area contributed by atoms with E-state index in [4.69, 9.17) is 10.3 Å². The highest BCUT2D eigenvalue weighted by Crippen LogP contribution is 2.29. The summed E-state index contributed by atoms with van der Waals surface area (Å²) in [5.41, 5.74) is 4.90. The number of sulfone groups is 1. The van der Waals surface area contributed by atoms with Crippen LogP contribution in [0.4, 0.5) is 0 Å². The summed E-state index contributed by atoms with van der Waals surface area (Å²) in [4.78, 5) is 15.0. The maximum absolute atomic E-state index is 11.5. The Hall–Kier alpha value is -1.48. The molecule has 0 saturated carbocycles. The van der Waals surface area contributed by atoms with E-state index in [1.807, 2.05) is 0 Å². The Labute approximate surface area is 110 Å². The van der Waals surface area contributed by atoms with Crippen molar-refractivity contribution in [3.8, 4) is 0 Å². The fraction of sp³-hybridized carbons (Fsp3) is 0.700. The van der Waals surface area contributed by atoms with Gasteiger partial charge in [0, 0.05) is 6.42 Å². The molecular weight excluding hydrogens is 274 g/mol. The number of ether oxygens (including phenoxy) is 1. The van der Waals surface area contributed by atoms with Gasteiger partial charge in [0.05, 0.1) is 30.6 Å². The summed E-state index contributed by atoms with van der Waals surface area (Å²) in [5, 5.41) is 3.71. The summed E-state index contributed by atoms with van der Waals surface area (Å²) in [7, 11) is -1.85. The van der Waals surface area contributed by atoms with Gasteiger partial charge in [-0.1, -0.05) is 5.16 Å². The van der Waals surface area contributed by atoms with E-state index in [-0.39, 0.29) is 48.5 Å². The smallest absolute Gasteiger partial charge is 0.306 e. The lowest BCUT2D eigenvalue weighted by Gasteiger charge is -2.16. The second kappa shape index (κ2) is 4.89. The summed E-state index contributed by atoms with van der Waals surface area (Å²) < 4.78 is 32.4. The van der Waals surface area contributed by atoms with Gasteiger partial charge in [0.1, 0.15) is 0 Å². The molecular formula is C10H15N3O5S. The molecule has 8 nitrogen and oxygen atoms in total. The fourth-order valence-corrected chi connectivity index (χ4v) is 3.80. The Balaban J connectivity index is 2.07. The van der Waals surface area contributed by atoms with Crippen molar-refractivity contribution in [2.45, 2.75) is 24.8 Å². The van der Waals surface area contributed by atoms with Crippen molar-refractivity contribution in [1.82, 2.24) is 10.1 Å². The third kappa shape index (κ3) is 3.10. The van der Waals surface area contributed by atoms with Gasteiger partial charge in [-0.2, -0.15) is 4.98 Å². The molecule has 0 radical (unpaired) electrons. The largest absolute Gasteiger partial charge is 0.469 e. The van der Waals surface area contributed by atoms with Gasteiger partial charge in [0.15, 0.2) is 15.7 Å². The molecule has 0 aliphatic carbocycles. The minimum atomic E-state index is -3.14. The molecule has 106 valence electrons. The molecule has 9 heteroatoms. The van der Waals surface area contributed by atoms with E-state index >= 15 is 0 Å². The van der Waals surface area contributed by atoms with Gasteiger partial charge in [0.2, 0.25) is 5.89 Å². The number of carbonyl (C=O) groups excluding carboxylic acids is 1. The lowest BCUT2D eigenvalue weighted by atomic mass is 10.00. The zero-order valence-corrected chi connectivity index (χ0v) is 11.3. The molecule has 1 atom stereocenters. The van der Waals surface area contributed by atoms with E-state index in [1.54, 1.807) is 0 Å². The lowest BCUT2D eigenvalue weighted by Crippen LogP contribution is -2.39. The maximum atomic E-state index is 11.5. The van der Waals surface area contributed by atoms with Crippen molar-refractivity contribution in [1.29, 1.82) is 0 Å². The lowest BCUT2D eigenvalue weighted by molar-refractivity contribution is -0.140. The SMILES string of the molecule is COC(=O)CCc1nc(C2(N)CCS(=O)(=O)C2)no1. The second-order valence-electron chi connectivity index (χ2n) is 4.59. The van der Waals surface area contributed by atoms with Crippen LogP contribution in [-0.4, -0.2) is 43.1 Å². The average Bonchev–Trinajstić information content (AvgIpc) is 2.92. The summed E-state index contributed by atoms with van der Waals surface area (Å²) in [6.45, 7) is 0. The van der Waals surface area contributed by atoms with E-state index in [1.165, 1.54) is 7.11 Å². The maximum Gasteiger partial charge on any atom is 0.306 e. The Morgan fingerprint density at radius 3 is 2.89 bits per heavy atom. The minimum Gasteiger partial charge on any atom is -0.469 e. The first-order valence-corrected chi connectivity index (χ1v) is 7.56. The second-order valence-corrected chi connectivity index (χ2v) is 6.77. The number of methoxy groups -OCH3 is 1. The predicted molar refractivity (Wildman–Crippen MR) is 63.8 cm³/mol. The summed E-state index contributed by atoms with van der Waals surface area (Å²) in [6.07, 6.45) is 0.627. The third-order valence-electron chi connectivity index (χ3n) is 3.02. The van der Waals surface area contributed by atoms with Crippen LogP contribution in [0, 0.1) is 0 Å². The highest BCUT2D eigenvalue weighted by molar-refractivity contribution is 7.91. The van der Waals surface area contributed by atoms with Crippen LogP contribution in [0.5, 0.6) is 0 Å². The Morgan fingerprint density at radius 2 is 2.32 bits per heavy atom. The Bertz CT molecular complexity index is 582. The molecule has 1 aromatic heterocycles. The van der Waals surface area contributed by atoms with Crippen molar-refractivity contribution in [2.24, 2.45) is 5.73 Å². The van der Waals surface area contributed by atoms with Gasteiger partial charge >= 0.3 is 5.97 Å². The monoisotopic (exact) mass is 289 g/mol. The van der Waals surface area contributed by atoms with Crippen molar-refractivity contribution in [3.05, 3.63) is 11.7 Å². The van der Waals surface area contributed by atoms with Gasteiger partial charge in [-0.15, -0.1) is 0 Å². The Morgan fingerprint density at radius 1 is 1.58 bits per heavy atom. The van der Waals surface area contributed by atoms with Gasteiger partial charge in [-0.05, 0) is 6.42 Å². The summed E-state index contributed by atoms with van der Waals surface area (Å²) in [6, 6.07) is 0. The quantitative estimate of drug-likeness (QED) is 0.710. The van der Waals surface area contributed by atoms with E-state index in [0.29, 0.717) is 0 Å². The van der Waals surface area contributed by atoms with Gasteiger partial charge in [-0.3, -0.25) is 4.79 Å². The van der Waals surface area contributed by atoms with E-state index in [0.717, 1.165) is 0 Å². The molecule has 1 fully saturated rings. The normalized spacial score (nSPS) is 25.4. The van der Waals surface area contributed by atoms with E-state index in [9.17, 15) is 13.2 Å². The van der Waals surface area contributed by atoms with Gasteiger partial charge in [0.25, 0.3) is 0 Å². The first-order valence-electron chi connectivity index (χ1n) is 5.74. The third-order valence-corrected chi connectivity index (χ3v) is 4.80. The number of aromatic nitrogens is 2. The molecule has 2 N–H and O–H groups in total. The molecule has 2 heterocycles. The first-order chi connectivity index (χ1) is 8.85. The van der Waals surface area contributed by atoms with Crippen LogP contribution in [0.15, 0.2) is 4.52 Å². The van der Waals surface area contributed by atoms with Gasteiger partial charge < -0.3 is 15.0 Å². The van der Waals surface area contributed by atoms with Crippen LogP contribution in [0.1, 0.15) is 24.6 Å². The zero-order valence-electron chi connectivity index (χ0n) is 10.5. The van der Waals surface area contributed by atoms with E-state index in [2.05, 4.69) is 14.9 Å². The fourth-order valence-electron chi connectivity index (χ4n) is 1.92. The topological polar surface area (TPSA) is 125 Å². The number of rotatable bonds is 4. The number of esters is 1. The average molecular weight is 289 g/mol. The van der Waals surface area contributed by atoms with Crippen molar-refractivity contribution in [2.75, 3.05) is 18.6 Å². The van der Waals surface area contributed by atoms with Crippen LogP contribution in [0.25, 0.3) is 0 Å². The summed E-state index contributed by atoms with van der Waals surface area (Å²) in [5.74, 6) is -0.125. The first kappa shape index (κ1) is 13.9. The zero-order chi connectivity index (χ0) is 14.1. The van der Waals surface area contributed by atoms with Crippen LogP contribution in [0.3, 0.4) is 0 Å². The molecule has 2 rings (SSSR count). The number of hydrogen-bond acceptors (Lipinski definition) is 8. The molecule has 1 aromatic rings. The predicted octanol–water partition coefficient (Wildman–Crippen LogP) is -0.852. The van der Waals surface area contributed by atoms with Crippen LogP contribution in [0.2, 0.25) is 0 Å². The van der Waals surface area contributed by atoms with Crippen molar-refractivity contribution >= 4 is 15.8 Å². The number of carbonyl (C=O) groups is 1. The molecule has 0 aromatic carbocycles. The highest BCUT2D eigenvalue weighted by atomic mass is 32.2. The van der Waals surface area contributed by atoms with Gasteiger partial charge in [-0.25, -0.2) is 8.42 Å². The number of aryl methyl sites for hydroxylation is 1. The number of hydrogen-bond donors (Lipinski definition) is 1. The Kier molecular flexibility index (Phi) is 3.59. The molecule has 1 unspecified atom stereocenters. The molecule has 1 aliphatic heterocycles. The summed E-state index contributed by atoms with van der Waals surface area (Å²) >= 11 is 0. The molecule has 0 bridgehead atoms. The van der Waals surface area contributed by atoms with Crippen LogP contribution < -0.4 is 5.73 Å². The molecule has 0 amide bonds. The molecule has 19 heavy (non-hydrogen) atoms. The van der Waals surface area contributed by atoms with E-state index < -0.39 is 15.4 Å². The van der Waals surface area contributed by atoms with Crippen LogP contribution in [-0.2, 0) is 31.3 Å². The minimum absolute atomic E-state index is 0.0233. The van der Waals surface area contributed by atoms with Crippen LogP contribution >= 0.6 is 0 Å². The standard InChI is InChI=1S/C10H15N3O5S/c1-17-8(14)3-2-7-12-9(13-18-7)10(11)4-5-19(15,16)6-10/h2-6,11H2,1H3. The molecule has 1 saturated heterocycles. The molecule has 0 spiro atoms. The van der Waals surface area contributed by atoms with Crippen molar-refractivity contribution in [3.63, 3.8) is 0 Å².